The Morgan fingerprint density at radius 2 is 1.56 bits per heavy atom. The highest BCUT2D eigenvalue weighted by atomic mass is 32.2. The maximum absolute atomic E-state index is 13.5. The van der Waals surface area contributed by atoms with Gasteiger partial charge in [-0.15, -0.1) is 0 Å². The quantitative estimate of drug-likeness (QED) is 0.397. The minimum Gasteiger partial charge on any atom is -0.497 e. The van der Waals surface area contributed by atoms with Gasteiger partial charge in [-0.2, -0.15) is 0 Å². The molecule has 34 heavy (non-hydrogen) atoms. The molecule has 0 fully saturated rings. The summed E-state index contributed by atoms with van der Waals surface area (Å²) in [5, 5.41) is 2.72. The van der Waals surface area contributed by atoms with E-state index in [9.17, 15) is 13.2 Å². The third-order valence-corrected chi connectivity index (χ3v) is 6.74. The molecule has 8 nitrogen and oxygen atoms in total. The molecule has 0 saturated heterocycles. The van der Waals surface area contributed by atoms with Gasteiger partial charge in [0.25, 0.3) is 10.0 Å². The number of sulfonamides is 1. The number of hydrogen-bond acceptors (Lipinski definition) is 6. The van der Waals surface area contributed by atoms with E-state index in [0.29, 0.717) is 24.7 Å². The van der Waals surface area contributed by atoms with Crippen molar-refractivity contribution in [1.29, 1.82) is 0 Å². The summed E-state index contributed by atoms with van der Waals surface area (Å²) in [6.45, 7) is 0.540. The smallest absolute Gasteiger partial charge is 0.264 e. The summed E-state index contributed by atoms with van der Waals surface area (Å²) in [5.74, 6) is 0.390. The van der Waals surface area contributed by atoms with E-state index in [1.165, 1.54) is 26.4 Å². The van der Waals surface area contributed by atoms with Crippen molar-refractivity contribution in [2.24, 2.45) is 0 Å². The van der Waals surface area contributed by atoms with Crippen LogP contribution in [0.2, 0.25) is 0 Å². The molecule has 1 N–H and O–H groups in total. The number of methoxy groups -OCH3 is 2. The molecule has 180 valence electrons. The molecule has 9 heteroatoms. The second-order valence-corrected chi connectivity index (χ2v) is 9.11. The van der Waals surface area contributed by atoms with Gasteiger partial charge in [-0.3, -0.25) is 9.10 Å². The van der Waals surface area contributed by atoms with Gasteiger partial charge >= 0.3 is 0 Å². The molecule has 1 amide bonds. The third kappa shape index (κ3) is 6.49. The Hall–Kier alpha value is -3.56. The van der Waals surface area contributed by atoms with Gasteiger partial charge in [0.05, 0.1) is 38.0 Å². The van der Waals surface area contributed by atoms with Crippen LogP contribution in [-0.4, -0.2) is 48.2 Å². The highest BCUT2D eigenvalue weighted by Gasteiger charge is 2.29. The fraction of sp³-hybridized carbons (Fsp3) is 0.240. The van der Waals surface area contributed by atoms with E-state index >= 15 is 0 Å². The van der Waals surface area contributed by atoms with Crippen LogP contribution >= 0.6 is 0 Å². The SMILES string of the molecule is COc1ccc(S(=O)(=O)N(CC(=O)NCCOCc2ccccc2)c2ccccc2OC)cc1. The number of amides is 1. The van der Waals surface area contributed by atoms with Crippen LogP contribution in [0.15, 0.2) is 83.8 Å². The molecule has 0 aliphatic carbocycles. The van der Waals surface area contributed by atoms with Gasteiger partial charge in [0.15, 0.2) is 0 Å². The van der Waals surface area contributed by atoms with Crippen molar-refractivity contribution < 1.29 is 27.4 Å². The van der Waals surface area contributed by atoms with Gasteiger partial charge < -0.3 is 19.5 Å². The Balaban J connectivity index is 1.71. The summed E-state index contributed by atoms with van der Waals surface area (Å²) in [6.07, 6.45) is 0. The van der Waals surface area contributed by atoms with Crippen LogP contribution in [0.5, 0.6) is 11.5 Å². The van der Waals surface area contributed by atoms with Crippen LogP contribution in [0.3, 0.4) is 0 Å². The Morgan fingerprint density at radius 3 is 2.24 bits per heavy atom. The minimum absolute atomic E-state index is 0.0261. The van der Waals surface area contributed by atoms with Gasteiger partial charge in [0.1, 0.15) is 18.0 Å². The fourth-order valence-electron chi connectivity index (χ4n) is 3.22. The zero-order valence-corrected chi connectivity index (χ0v) is 20.0. The highest BCUT2D eigenvalue weighted by Crippen LogP contribution is 2.32. The number of rotatable bonds is 12. The first-order valence-corrected chi connectivity index (χ1v) is 12.1. The van der Waals surface area contributed by atoms with Gasteiger partial charge in [-0.1, -0.05) is 42.5 Å². The normalized spacial score (nSPS) is 11.0. The number of carbonyl (C=O) groups is 1. The van der Waals surface area contributed by atoms with Crippen LogP contribution in [0.1, 0.15) is 5.56 Å². The maximum atomic E-state index is 13.5. The molecule has 0 spiro atoms. The second-order valence-electron chi connectivity index (χ2n) is 7.25. The summed E-state index contributed by atoms with van der Waals surface area (Å²) < 4.78 is 44.1. The van der Waals surface area contributed by atoms with E-state index in [0.717, 1.165) is 9.87 Å². The highest BCUT2D eigenvalue weighted by molar-refractivity contribution is 7.92. The van der Waals surface area contributed by atoms with Crippen LogP contribution in [0, 0.1) is 0 Å². The van der Waals surface area contributed by atoms with Crippen LogP contribution in [-0.2, 0) is 26.2 Å². The van der Waals surface area contributed by atoms with E-state index in [-0.39, 0.29) is 17.1 Å². The number of para-hydroxylation sites is 2. The second kappa shape index (κ2) is 12.1. The van der Waals surface area contributed by atoms with Crippen molar-refractivity contribution in [1.82, 2.24) is 5.32 Å². The Kier molecular flexibility index (Phi) is 8.89. The first-order chi connectivity index (χ1) is 16.5. The molecule has 0 heterocycles. The van der Waals surface area contributed by atoms with Crippen LogP contribution in [0.25, 0.3) is 0 Å². The number of benzene rings is 3. The van der Waals surface area contributed by atoms with E-state index in [1.807, 2.05) is 30.3 Å². The number of carbonyl (C=O) groups excluding carboxylic acids is 1. The first kappa shape index (κ1) is 25.1. The summed E-state index contributed by atoms with van der Waals surface area (Å²) in [6, 6.07) is 22.3. The van der Waals surface area contributed by atoms with Crippen molar-refractivity contribution >= 4 is 21.6 Å². The molecule has 0 aliphatic heterocycles. The molecule has 0 unspecified atom stereocenters. The summed E-state index contributed by atoms with van der Waals surface area (Å²) in [7, 11) is -1.13. The standard InChI is InChI=1S/C25H28N2O6S/c1-31-21-12-14-22(15-13-21)34(29,30)27(23-10-6-7-11-24(23)32-2)18-25(28)26-16-17-33-19-20-8-4-3-5-9-20/h3-15H,16-19H2,1-2H3,(H,26,28). The molecule has 0 saturated carbocycles. The summed E-state index contributed by atoms with van der Waals surface area (Å²) in [5.41, 5.74) is 1.29. The van der Waals surface area contributed by atoms with Crippen molar-refractivity contribution in [3.8, 4) is 11.5 Å². The number of nitrogens with zero attached hydrogens (tertiary/aromatic N) is 1. The van der Waals surface area contributed by atoms with E-state index in [1.54, 1.807) is 36.4 Å². The average Bonchev–Trinajstić information content (AvgIpc) is 2.87. The van der Waals surface area contributed by atoms with E-state index in [2.05, 4.69) is 5.32 Å². The zero-order valence-electron chi connectivity index (χ0n) is 19.1. The van der Waals surface area contributed by atoms with Crippen molar-refractivity contribution in [3.05, 3.63) is 84.4 Å². The van der Waals surface area contributed by atoms with E-state index in [4.69, 9.17) is 14.2 Å². The molecule has 3 aromatic carbocycles. The lowest BCUT2D eigenvalue weighted by atomic mass is 10.2. The summed E-state index contributed by atoms with van der Waals surface area (Å²) in [4.78, 5) is 12.7. The molecule has 0 radical (unpaired) electrons. The van der Waals surface area contributed by atoms with Crippen LogP contribution in [0.4, 0.5) is 5.69 Å². The minimum atomic E-state index is -4.07. The van der Waals surface area contributed by atoms with Gasteiger partial charge in [0.2, 0.25) is 5.91 Å². The number of hydrogen-bond donors (Lipinski definition) is 1. The lowest BCUT2D eigenvalue weighted by molar-refractivity contribution is -0.119. The van der Waals surface area contributed by atoms with Crippen LogP contribution < -0.4 is 19.1 Å². The monoisotopic (exact) mass is 484 g/mol. The third-order valence-electron chi connectivity index (χ3n) is 4.97. The van der Waals surface area contributed by atoms with Gasteiger partial charge in [0, 0.05) is 6.54 Å². The molecular formula is C25H28N2O6S. The van der Waals surface area contributed by atoms with Gasteiger partial charge in [-0.25, -0.2) is 8.42 Å². The number of nitrogens with one attached hydrogen (secondary N) is 1. The lowest BCUT2D eigenvalue weighted by Crippen LogP contribution is -2.41. The summed E-state index contributed by atoms with van der Waals surface area (Å²) >= 11 is 0. The van der Waals surface area contributed by atoms with Gasteiger partial charge in [-0.05, 0) is 42.0 Å². The van der Waals surface area contributed by atoms with Crippen molar-refractivity contribution in [3.63, 3.8) is 0 Å². The molecule has 0 aliphatic rings. The Bertz CT molecular complexity index is 1170. The van der Waals surface area contributed by atoms with Crippen molar-refractivity contribution in [2.45, 2.75) is 11.5 Å². The number of ether oxygens (including phenoxy) is 3. The molecule has 3 rings (SSSR count). The average molecular weight is 485 g/mol. The molecule has 0 atom stereocenters. The Labute approximate surface area is 200 Å². The Morgan fingerprint density at radius 1 is 0.882 bits per heavy atom. The fourth-order valence-corrected chi connectivity index (χ4v) is 4.66. The lowest BCUT2D eigenvalue weighted by Gasteiger charge is -2.25. The number of anilines is 1. The van der Waals surface area contributed by atoms with Crippen molar-refractivity contribution in [2.75, 3.05) is 38.2 Å². The zero-order chi connectivity index (χ0) is 24.4. The maximum Gasteiger partial charge on any atom is 0.264 e. The molecule has 0 aromatic heterocycles. The predicted molar refractivity (Wildman–Crippen MR) is 130 cm³/mol. The molecule has 3 aromatic rings. The topological polar surface area (TPSA) is 94.2 Å². The van der Waals surface area contributed by atoms with E-state index < -0.39 is 22.5 Å². The first-order valence-electron chi connectivity index (χ1n) is 10.6. The molecular weight excluding hydrogens is 456 g/mol. The largest absolute Gasteiger partial charge is 0.497 e. The predicted octanol–water partition coefficient (Wildman–Crippen LogP) is 3.23. The molecule has 0 bridgehead atoms.